The second kappa shape index (κ2) is 4.17. The Morgan fingerprint density at radius 1 is 1.31 bits per heavy atom. The fraction of sp³-hybridized carbons (Fsp3) is 0.273. The molecule has 0 bridgehead atoms. The third kappa shape index (κ3) is 2.36. The topological polar surface area (TPSA) is 37.8 Å². The average Bonchev–Trinajstić information content (AvgIpc) is 2.75. The van der Waals surface area contributed by atoms with E-state index >= 15 is 0 Å². The van der Waals surface area contributed by atoms with Crippen molar-refractivity contribution in [3.05, 3.63) is 40.7 Å². The van der Waals surface area contributed by atoms with E-state index in [0.717, 1.165) is 5.01 Å². The minimum Gasteiger partial charge on any atom is -0.359 e. The summed E-state index contributed by atoms with van der Waals surface area (Å²) in [6.45, 7) is 4.02. The van der Waals surface area contributed by atoms with Crippen molar-refractivity contribution >= 4 is 17.2 Å². The van der Waals surface area contributed by atoms with Gasteiger partial charge in [-0.25, -0.2) is 14.4 Å². The summed E-state index contributed by atoms with van der Waals surface area (Å²) in [5, 5.41) is 6.12. The summed E-state index contributed by atoms with van der Waals surface area (Å²) in [4.78, 5) is 8.22. The number of aromatic nitrogens is 2. The van der Waals surface area contributed by atoms with Crippen molar-refractivity contribution in [2.75, 3.05) is 5.32 Å². The number of anilines is 1. The minimum atomic E-state index is -0.336. The fourth-order valence-electron chi connectivity index (χ4n) is 1.36. The molecular formula is C11H12FN3S. The normalized spacial score (nSPS) is 11.4. The quantitative estimate of drug-likeness (QED) is 0.891. The molecule has 0 radical (unpaired) electrons. The van der Waals surface area contributed by atoms with E-state index in [9.17, 15) is 4.39 Å². The number of thiazole rings is 1. The predicted molar refractivity (Wildman–Crippen MR) is 63.0 cm³/mol. The number of halogens is 1. The van der Waals surface area contributed by atoms with Crippen molar-refractivity contribution in [1.29, 1.82) is 0 Å². The molecule has 0 atom stereocenters. The molecule has 2 heterocycles. The van der Waals surface area contributed by atoms with Crippen LogP contribution in [0, 0.1) is 5.82 Å². The zero-order chi connectivity index (χ0) is 11.6. The summed E-state index contributed by atoms with van der Waals surface area (Å²) in [5.74, 6) is 0.305. The molecule has 0 saturated carbocycles. The zero-order valence-electron chi connectivity index (χ0n) is 9.07. The Morgan fingerprint density at radius 2 is 2.12 bits per heavy atom. The molecule has 16 heavy (non-hydrogen) atoms. The first kappa shape index (κ1) is 11.0. The van der Waals surface area contributed by atoms with Gasteiger partial charge < -0.3 is 5.32 Å². The Balaban J connectivity index is 2.18. The Morgan fingerprint density at radius 3 is 2.69 bits per heavy atom. The van der Waals surface area contributed by atoms with Gasteiger partial charge in [-0.05, 0) is 26.0 Å². The van der Waals surface area contributed by atoms with Gasteiger partial charge in [0, 0.05) is 11.6 Å². The maximum Gasteiger partial charge on any atom is 0.141 e. The second-order valence-electron chi connectivity index (χ2n) is 3.95. The van der Waals surface area contributed by atoms with Crippen molar-refractivity contribution in [3.8, 4) is 0 Å². The number of nitrogens with zero attached hydrogens (tertiary/aromatic N) is 2. The molecule has 0 amide bonds. The molecular weight excluding hydrogens is 225 g/mol. The summed E-state index contributed by atoms with van der Waals surface area (Å²) < 4.78 is 12.7. The van der Waals surface area contributed by atoms with Gasteiger partial charge in [-0.1, -0.05) is 0 Å². The highest BCUT2D eigenvalue weighted by Gasteiger charge is 2.23. The Labute approximate surface area is 97.4 Å². The molecule has 3 nitrogen and oxygen atoms in total. The molecule has 0 fully saturated rings. The first-order valence-electron chi connectivity index (χ1n) is 4.88. The van der Waals surface area contributed by atoms with Crippen molar-refractivity contribution in [1.82, 2.24) is 9.97 Å². The molecule has 0 aliphatic heterocycles. The maximum absolute atomic E-state index is 12.7. The van der Waals surface area contributed by atoms with Crippen LogP contribution in [0.15, 0.2) is 29.9 Å². The summed E-state index contributed by atoms with van der Waals surface area (Å²) in [5.41, 5.74) is -0.307. The van der Waals surface area contributed by atoms with Crippen LogP contribution in [0.5, 0.6) is 0 Å². The maximum atomic E-state index is 12.7. The molecule has 0 unspecified atom stereocenters. The van der Waals surface area contributed by atoms with Gasteiger partial charge in [0.15, 0.2) is 0 Å². The van der Waals surface area contributed by atoms with Crippen molar-refractivity contribution < 1.29 is 4.39 Å². The summed E-state index contributed by atoms with van der Waals surface area (Å²) in [7, 11) is 0. The summed E-state index contributed by atoms with van der Waals surface area (Å²) >= 11 is 1.58. The molecule has 2 aromatic heterocycles. The first-order valence-corrected chi connectivity index (χ1v) is 5.75. The van der Waals surface area contributed by atoms with Crippen LogP contribution in [-0.2, 0) is 5.54 Å². The smallest absolute Gasteiger partial charge is 0.141 e. The van der Waals surface area contributed by atoms with Crippen LogP contribution in [0.2, 0.25) is 0 Å². The lowest BCUT2D eigenvalue weighted by molar-refractivity contribution is 0.595. The lowest BCUT2D eigenvalue weighted by Crippen LogP contribution is -2.28. The van der Waals surface area contributed by atoms with Crippen molar-refractivity contribution in [3.63, 3.8) is 0 Å². The molecule has 0 aliphatic carbocycles. The molecule has 0 aromatic carbocycles. The Bertz CT molecular complexity index is 451. The first-order chi connectivity index (χ1) is 7.58. The lowest BCUT2D eigenvalue weighted by Gasteiger charge is -2.24. The number of rotatable bonds is 3. The average molecular weight is 237 g/mol. The molecule has 0 saturated heterocycles. The van der Waals surface area contributed by atoms with Crippen molar-refractivity contribution in [2.24, 2.45) is 0 Å². The Hall–Kier alpha value is -1.49. The van der Waals surface area contributed by atoms with E-state index in [2.05, 4.69) is 15.3 Å². The standard InChI is InChI=1S/C11H12FN3S/c1-11(2,10-13-5-6-16-10)15-9-4-3-8(12)7-14-9/h3-7H,1-2H3,(H,14,15). The number of hydrogen-bond donors (Lipinski definition) is 1. The van der Waals surface area contributed by atoms with E-state index in [1.807, 2.05) is 19.2 Å². The molecule has 2 aromatic rings. The van der Waals surface area contributed by atoms with E-state index in [0.29, 0.717) is 5.82 Å². The SMILES string of the molecule is CC(C)(Nc1ccc(F)cn1)c1nccs1. The van der Waals surface area contributed by atoms with Gasteiger partial charge in [0.05, 0.1) is 11.7 Å². The van der Waals surface area contributed by atoms with Crippen LogP contribution in [0.25, 0.3) is 0 Å². The van der Waals surface area contributed by atoms with Gasteiger partial charge >= 0.3 is 0 Å². The molecule has 0 aliphatic rings. The fourth-order valence-corrected chi connectivity index (χ4v) is 2.07. The number of nitrogens with one attached hydrogen (secondary N) is 1. The minimum absolute atomic E-state index is 0.307. The van der Waals surface area contributed by atoms with Crippen LogP contribution < -0.4 is 5.32 Å². The van der Waals surface area contributed by atoms with Crippen LogP contribution in [-0.4, -0.2) is 9.97 Å². The van der Waals surface area contributed by atoms with E-state index in [1.165, 1.54) is 12.3 Å². The van der Waals surface area contributed by atoms with Crippen molar-refractivity contribution in [2.45, 2.75) is 19.4 Å². The molecule has 0 spiro atoms. The molecule has 1 N–H and O–H groups in total. The van der Waals surface area contributed by atoms with Crippen LogP contribution in [0.3, 0.4) is 0 Å². The highest BCUT2D eigenvalue weighted by atomic mass is 32.1. The van der Waals surface area contributed by atoms with Gasteiger partial charge in [-0.3, -0.25) is 0 Å². The largest absolute Gasteiger partial charge is 0.359 e. The Kier molecular flexibility index (Phi) is 2.87. The van der Waals surface area contributed by atoms with E-state index in [4.69, 9.17) is 0 Å². The van der Waals surface area contributed by atoms with Gasteiger partial charge in [0.2, 0.25) is 0 Å². The van der Waals surface area contributed by atoms with E-state index in [1.54, 1.807) is 23.6 Å². The highest BCUT2D eigenvalue weighted by molar-refractivity contribution is 7.09. The molecule has 2 rings (SSSR count). The predicted octanol–water partition coefficient (Wildman–Crippen LogP) is 3.02. The number of pyridine rings is 1. The van der Waals surface area contributed by atoms with Gasteiger partial charge in [0.1, 0.15) is 16.6 Å². The van der Waals surface area contributed by atoms with E-state index in [-0.39, 0.29) is 11.4 Å². The zero-order valence-corrected chi connectivity index (χ0v) is 9.88. The highest BCUT2D eigenvalue weighted by Crippen LogP contribution is 2.26. The monoisotopic (exact) mass is 237 g/mol. The van der Waals surface area contributed by atoms with Crippen LogP contribution >= 0.6 is 11.3 Å². The van der Waals surface area contributed by atoms with Gasteiger partial charge in [-0.15, -0.1) is 11.3 Å². The summed E-state index contributed by atoms with van der Waals surface area (Å²) in [6.07, 6.45) is 2.96. The van der Waals surface area contributed by atoms with Gasteiger partial charge in [0.25, 0.3) is 0 Å². The summed E-state index contributed by atoms with van der Waals surface area (Å²) in [6, 6.07) is 3.00. The third-order valence-corrected chi connectivity index (χ3v) is 3.23. The van der Waals surface area contributed by atoms with E-state index < -0.39 is 0 Å². The lowest BCUT2D eigenvalue weighted by atomic mass is 10.1. The van der Waals surface area contributed by atoms with Gasteiger partial charge in [-0.2, -0.15) is 0 Å². The third-order valence-electron chi connectivity index (χ3n) is 2.13. The molecule has 5 heteroatoms. The molecule has 84 valence electrons. The van der Waals surface area contributed by atoms with Crippen LogP contribution in [0.4, 0.5) is 10.2 Å². The number of hydrogen-bond acceptors (Lipinski definition) is 4. The second-order valence-corrected chi connectivity index (χ2v) is 4.84. The van der Waals surface area contributed by atoms with Crippen LogP contribution in [0.1, 0.15) is 18.9 Å².